The fraction of sp³-hybridized carbons (Fsp3) is 0.714. The first-order valence-corrected chi connectivity index (χ1v) is 3.66. The highest BCUT2D eigenvalue weighted by Gasteiger charge is 2.23. The summed E-state index contributed by atoms with van der Waals surface area (Å²) in [6.07, 6.45) is -0.591. The lowest BCUT2D eigenvalue weighted by molar-refractivity contribution is -0.144. The lowest BCUT2D eigenvalue weighted by atomic mass is 10.2. The van der Waals surface area contributed by atoms with Crippen LogP contribution < -0.4 is 5.32 Å². The molecule has 2 atom stereocenters. The Hall–Kier alpha value is -0.940. The highest BCUT2D eigenvalue weighted by molar-refractivity contribution is 6.01. The molecule has 2 unspecified atom stereocenters. The fourth-order valence-electron chi connectivity index (χ4n) is 0.673. The number of rotatable bonds is 5. The molecule has 0 aliphatic rings. The Morgan fingerprint density at radius 3 is 2.25 bits per heavy atom. The van der Waals surface area contributed by atoms with Crippen LogP contribution in [0.25, 0.3) is 0 Å². The number of aliphatic hydroxyl groups is 1. The molecule has 5 nitrogen and oxygen atoms in total. The number of carboxylic acid groups (broad SMARTS) is 1. The maximum Gasteiger partial charge on any atom is 0.328 e. The van der Waals surface area contributed by atoms with Gasteiger partial charge in [0.05, 0.1) is 0 Å². The van der Waals surface area contributed by atoms with Gasteiger partial charge in [0.2, 0.25) is 0 Å². The van der Waals surface area contributed by atoms with Crippen molar-refractivity contribution < 1.29 is 19.8 Å². The van der Waals surface area contributed by atoms with Crippen LogP contribution in [-0.2, 0) is 9.59 Å². The first-order valence-electron chi connectivity index (χ1n) is 3.66. The van der Waals surface area contributed by atoms with Crippen molar-refractivity contribution in [2.45, 2.75) is 32.5 Å². The monoisotopic (exact) mass is 175 g/mol. The van der Waals surface area contributed by atoms with E-state index < -0.39 is 24.0 Å². The topological polar surface area (TPSA) is 86.6 Å². The van der Waals surface area contributed by atoms with Crippen LogP contribution in [0.2, 0.25) is 0 Å². The van der Waals surface area contributed by atoms with E-state index in [0.29, 0.717) is 6.42 Å². The molecule has 0 heterocycles. The third kappa shape index (κ3) is 3.45. The van der Waals surface area contributed by atoms with Gasteiger partial charge >= 0.3 is 5.97 Å². The van der Waals surface area contributed by atoms with Crippen molar-refractivity contribution in [2.75, 3.05) is 0 Å². The van der Waals surface area contributed by atoms with Crippen LogP contribution in [0.3, 0.4) is 0 Å². The maximum atomic E-state index is 10.7. The predicted molar refractivity (Wildman–Crippen MR) is 41.5 cm³/mol. The highest BCUT2D eigenvalue weighted by Crippen LogP contribution is 1.91. The quantitative estimate of drug-likeness (QED) is 0.381. The summed E-state index contributed by atoms with van der Waals surface area (Å²) in [5.41, 5.74) is 0. The Morgan fingerprint density at radius 2 is 2.00 bits per heavy atom. The van der Waals surface area contributed by atoms with Crippen LogP contribution in [0.5, 0.6) is 0 Å². The van der Waals surface area contributed by atoms with E-state index in [1.807, 2.05) is 0 Å². The van der Waals surface area contributed by atoms with E-state index in [4.69, 9.17) is 10.2 Å². The largest absolute Gasteiger partial charge is 0.480 e. The zero-order valence-corrected chi connectivity index (χ0v) is 7.07. The predicted octanol–water partition coefficient (Wildman–Crippen LogP) is -0.653. The summed E-state index contributed by atoms with van der Waals surface area (Å²) in [4.78, 5) is 21.1. The smallest absolute Gasteiger partial charge is 0.328 e. The number of carbonyl (C=O) groups excluding carboxylic acids is 1. The molecule has 0 bridgehead atoms. The summed E-state index contributed by atoms with van der Waals surface area (Å²) in [5, 5.41) is 19.8. The van der Waals surface area contributed by atoms with Gasteiger partial charge in [-0.2, -0.15) is 0 Å². The highest BCUT2D eigenvalue weighted by atomic mass is 16.4. The second kappa shape index (κ2) is 4.84. The second-order valence-corrected chi connectivity index (χ2v) is 2.47. The van der Waals surface area contributed by atoms with Crippen molar-refractivity contribution in [1.29, 1.82) is 0 Å². The molecule has 0 saturated heterocycles. The number of hydrogen-bond acceptors (Lipinski definition) is 4. The van der Waals surface area contributed by atoms with Crippen molar-refractivity contribution >= 4 is 11.8 Å². The number of nitrogens with one attached hydrogen (secondary N) is 1. The van der Waals surface area contributed by atoms with Gasteiger partial charge in [-0.1, -0.05) is 6.92 Å². The molecule has 0 aliphatic heterocycles. The summed E-state index contributed by atoms with van der Waals surface area (Å²) in [7, 11) is 0. The van der Waals surface area contributed by atoms with Crippen LogP contribution in [0.4, 0.5) is 0 Å². The van der Waals surface area contributed by atoms with E-state index in [-0.39, 0.29) is 0 Å². The minimum Gasteiger partial charge on any atom is -0.480 e. The van der Waals surface area contributed by atoms with E-state index >= 15 is 0 Å². The molecule has 0 spiro atoms. The van der Waals surface area contributed by atoms with Crippen LogP contribution in [0, 0.1) is 0 Å². The Bertz CT molecular complexity index is 166. The fourth-order valence-corrected chi connectivity index (χ4v) is 0.673. The lowest BCUT2D eigenvalue weighted by Crippen LogP contribution is -2.47. The molecular weight excluding hydrogens is 162 g/mol. The first-order chi connectivity index (χ1) is 5.49. The van der Waals surface area contributed by atoms with Gasteiger partial charge in [0.15, 0.2) is 11.8 Å². The van der Waals surface area contributed by atoms with Crippen molar-refractivity contribution in [3.05, 3.63) is 0 Å². The Labute approximate surface area is 70.4 Å². The molecule has 0 aromatic carbocycles. The van der Waals surface area contributed by atoms with Gasteiger partial charge in [0.25, 0.3) is 0 Å². The van der Waals surface area contributed by atoms with Crippen molar-refractivity contribution in [3.63, 3.8) is 0 Å². The van der Waals surface area contributed by atoms with E-state index in [2.05, 4.69) is 5.32 Å². The zero-order chi connectivity index (χ0) is 9.72. The molecule has 12 heavy (non-hydrogen) atoms. The summed E-state index contributed by atoms with van der Waals surface area (Å²) in [6.45, 7) is 2.84. The lowest BCUT2D eigenvalue weighted by Gasteiger charge is -2.15. The summed E-state index contributed by atoms with van der Waals surface area (Å²) < 4.78 is 0. The minimum absolute atomic E-state index is 0.358. The van der Waals surface area contributed by atoms with Crippen LogP contribution in [0.1, 0.15) is 20.3 Å². The molecule has 0 fully saturated rings. The number of hydrogen-bond donors (Lipinski definition) is 3. The van der Waals surface area contributed by atoms with Gasteiger partial charge in [-0.15, -0.1) is 0 Å². The molecule has 3 N–H and O–H groups in total. The molecule has 0 aromatic rings. The van der Waals surface area contributed by atoms with Gasteiger partial charge in [-0.25, -0.2) is 0 Å². The number of carbonyl (C=O) groups is 2. The van der Waals surface area contributed by atoms with Gasteiger partial charge in [0, 0.05) is 0 Å². The molecule has 70 valence electrons. The van der Waals surface area contributed by atoms with Crippen molar-refractivity contribution in [1.82, 2.24) is 5.32 Å². The summed E-state index contributed by atoms with van der Waals surface area (Å²) in [6, 6.07) is -1.31. The third-order valence-electron chi connectivity index (χ3n) is 1.40. The molecule has 0 amide bonds. The SMILES string of the molecule is CCC(O)NC(C(C)=O)C(=O)O. The van der Waals surface area contributed by atoms with Gasteiger partial charge < -0.3 is 10.2 Å². The molecule has 0 aromatic heterocycles. The molecule has 0 saturated carbocycles. The normalized spacial score (nSPS) is 15.2. The van der Waals surface area contributed by atoms with Crippen molar-refractivity contribution in [2.24, 2.45) is 0 Å². The Kier molecular flexibility index (Phi) is 4.46. The summed E-state index contributed by atoms with van der Waals surface area (Å²) in [5.74, 6) is -1.79. The van der Waals surface area contributed by atoms with Gasteiger partial charge in [0.1, 0.15) is 6.23 Å². The molecular formula is C7H13NO4. The number of ketones is 1. The van der Waals surface area contributed by atoms with Gasteiger partial charge in [-0.05, 0) is 13.3 Å². The van der Waals surface area contributed by atoms with Gasteiger partial charge in [-0.3, -0.25) is 14.9 Å². The van der Waals surface area contributed by atoms with Crippen LogP contribution in [-0.4, -0.2) is 34.2 Å². The number of aliphatic hydroxyl groups excluding tert-OH is 1. The van der Waals surface area contributed by atoms with E-state index in [1.165, 1.54) is 0 Å². The summed E-state index contributed by atoms with van der Waals surface area (Å²) >= 11 is 0. The van der Waals surface area contributed by atoms with E-state index in [1.54, 1.807) is 6.92 Å². The average Bonchev–Trinajstić information content (AvgIpc) is 1.98. The van der Waals surface area contributed by atoms with Crippen molar-refractivity contribution in [3.8, 4) is 0 Å². The van der Waals surface area contributed by atoms with Crippen LogP contribution >= 0.6 is 0 Å². The molecule has 0 aliphatic carbocycles. The minimum atomic E-state index is -1.31. The van der Waals surface area contributed by atoms with E-state index in [0.717, 1.165) is 6.92 Å². The number of carboxylic acids is 1. The molecule has 0 radical (unpaired) electrons. The first kappa shape index (κ1) is 11.1. The second-order valence-electron chi connectivity index (χ2n) is 2.47. The maximum absolute atomic E-state index is 10.7. The van der Waals surface area contributed by atoms with E-state index in [9.17, 15) is 9.59 Å². The Morgan fingerprint density at radius 1 is 1.50 bits per heavy atom. The number of Topliss-reactive ketones (excluding diaryl/α,β-unsaturated/α-hetero) is 1. The third-order valence-corrected chi connectivity index (χ3v) is 1.40. The zero-order valence-electron chi connectivity index (χ0n) is 7.07. The number of aliphatic carboxylic acids is 1. The standard InChI is InChI=1S/C7H13NO4/c1-3-5(10)8-6(4(2)9)7(11)12/h5-6,8,10H,3H2,1-2H3,(H,11,12). The molecule has 0 rings (SSSR count). The molecule has 5 heteroatoms. The van der Waals surface area contributed by atoms with Crippen LogP contribution in [0.15, 0.2) is 0 Å². The average molecular weight is 175 g/mol. The Balaban J connectivity index is 4.14.